The van der Waals surface area contributed by atoms with Gasteiger partial charge in [0.1, 0.15) is 6.61 Å². The fraction of sp³-hybridized carbons (Fsp3) is 0.903. The molecule has 490 valence electrons. The number of hydrogen-bond acceptors (Lipinski definition) is 24. The monoisotopic (exact) mass is 1210 g/mol. The second-order valence-corrected chi connectivity index (χ2v) is 34.5. The highest BCUT2D eigenvalue weighted by molar-refractivity contribution is 5.48. The zero-order chi connectivity index (χ0) is 64.5. The average molecular weight is 1210 g/mol. The van der Waals surface area contributed by atoms with Gasteiger partial charge in [-0.3, -0.25) is 0 Å². The Hall–Kier alpha value is -3.66. The molecule has 0 saturated carbocycles. The summed E-state index contributed by atoms with van der Waals surface area (Å²) in [5.74, 6) is 1.96. The molecule has 6 fully saturated rings. The maximum Gasteiger partial charge on any atom is 0.323 e. The van der Waals surface area contributed by atoms with Crippen LogP contribution in [0.25, 0.3) is 0 Å². The van der Waals surface area contributed by atoms with Crippen LogP contribution in [0, 0.1) is 0 Å². The summed E-state index contributed by atoms with van der Waals surface area (Å²) < 4.78 is 6.69. The molecule has 0 aromatic carbocycles. The van der Waals surface area contributed by atoms with Crippen molar-refractivity contribution in [3.8, 4) is 6.01 Å². The predicted molar refractivity (Wildman–Crippen MR) is 335 cm³/mol. The lowest BCUT2D eigenvalue weighted by Crippen LogP contribution is -2.68. The van der Waals surface area contributed by atoms with Gasteiger partial charge in [0, 0.05) is 103 Å². The second kappa shape index (κ2) is 22.6. The van der Waals surface area contributed by atoms with Gasteiger partial charge in [0.25, 0.3) is 0 Å². The SMILES string of the molecule is CC1(C)CC(Nc2nc(NCCOc3nc(NC4CC(C)(C)N(O)C(C)(C)C4)nc(N(C4CC(C)(C)N(O)C(C)(C)C4)C4CC(C)(C)N(O)C(C)(C)C4)n3)nc(N(C3CC(C)(C)N(O)C(C)(C)C3)C3CC(C)(C)N(O)C(C)(C)C3)n2)CC(C)(C)N1O. The highest BCUT2D eigenvalue weighted by atomic mass is 16.5. The van der Waals surface area contributed by atoms with E-state index < -0.39 is 66.5 Å². The van der Waals surface area contributed by atoms with Crippen molar-refractivity contribution in [3.05, 3.63) is 0 Å². The lowest BCUT2D eigenvalue weighted by atomic mass is 9.74. The van der Waals surface area contributed by atoms with E-state index in [0.717, 1.165) is 0 Å². The molecule has 86 heavy (non-hydrogen) atoms. The van der Waals surface area contributed by atoms with E-state index in [1.807, 2.05) is 55.4 Å². The summed E-state index contributed by atoms with van der Waals surface area (Å²) >= 11 is 0. The third-order valence-corrected chi connectivity index (χ3v) is 20.3. The Morgan fingerprint density at radius 1 is 0.337 bits per heavy atom. The molecule has 0 spiro atoms. The van der Waals surface area contributed by atoms with E-state index in [4.69, 9.17) is 34.6 Å². The molecule has 0 atom stereocenters. The molecule has 2 aromatic rings. The molecular weight excluding hydrogens is 1090 g/mol. The van der Waals surface area contributed by atoms with Crippen molar-refractivity contribution in [1.82, 2.24) is 60.3 Å². The highest BCUT2D eigenvalue weighted by Gasteiger charge is 2.56. The summed E-state index contributed by atoms with van der Waals surface area (Å²) in [7, 11) is 0. The van der Waals surface area contributed by atoms with E-state index >= 15 is 0 Å². The molecule has 6 saturated heterocycles. The van der Waals surface area contributed by atoms with Gasteiger partial charge in [0.2, 0.25) is 29.7 Å². The molecule has 0 aliphatic carbocycles. The topological polar surface area (TPSA) is 270 Å². The van der Waals surface area contributed by atoms with Crippen molar-refractivity contribution in [3.63, 3.8) is 0 Å². The van der Waals surface area contributed by atoms with Crippen LogP contribution < -0.4 is 30.5 Å². The first-order valence-electron chi connectivity index (χ1n) is 31.9. The number of hydroxylamine groups is 12. The van der Waals surface area contributed by atoms with Gasteiger partial charge in [-0.2, -0.15) is 60.3 Å². The molecule has 6 aliphatic heterocycles. The van der Waals surface area contributed by atoms with Crippen LogP contribution in [-0.4, -0.2) is 207 Å². The predicted octanol–water partition coefficient (Wildman–Crippen LogP) is 10.4. The lowest BCUT2D eigenvalue weighted by molar-refractivity contribution is -0.251. The standard InChI is InChI=1S/C62H115N17O7/c1-51(2)27-39(28-52(3,4)74(51)80)64-46-66-45(67-48(68-46)72(41-31-55(9,10)76(82)56(11,12)32-41)42-33-57(13,14)77(83)58(15,16)34-42)63-25-26-86-50-70-47(65-40-29-53(5,6)75(81)54(7,8)30-40)69-49(71-50)73(43-35-59(17,18)78(84)60(19,20)36-43)44-37-61(21,22)79(85)62(23,24)38-44/h39-44,80-85H,25-38H2,1-24H3,(H,65,69,70,71)(H2,63,64,66,67,68). The summed E-state index contributed by atoms with van der Waals surface area (Å²) in [4.78, 5) is 35.9. The molecule has 8 heterocycles. The molecule has 9 N–H and O–H groups in total. The Labute approximate surface area is 515 Å². The normalized spacial score (nSPS) is 28.2. The van der Waals surface area contributed by atoms with E-state index in [1.165, 1.54) is 30.4 Å². The molecule has 2 aromatic heterocycles. The van der Waals surface area contributed by atoms with E-state index in [-0.39, 0.29) is 55.4 Å². The number of nitrogens with zero attached hydrogens (tertiary/aromatic N) is 14. The summed E-state index contributed by atoms with van der Waals surface area (Å²) in [5, 5.41) is 89.1. The van der Waals surface area contributed by atoms with Crippen LogP contribution in [0.2, 0.25) is 0 Å². The number of piperidine rings is 6. The van der Waals surface area contributed by atoms with E-state index in [9.17, 15) is 31.2 Å². The van der Waals surface area contributed by atoms with E-state index in [1.54, 1.807) is 0 Å². The Morgan fingerprint density at radius 2 is 0.570 bits per heavy atom. The quantitative estimate of drug-likeness (QED) is 0.0750. The molecule has 6 aliphatic rings. The van der Waals surface area contributed by atoms with Crippen LogP contribution in [0.5, 0.6) is 6.01 Å². The molecular formula is C62H115N17O7. The smallest absolute Gasteiger partial charge is 0.323 e. The first-order valence-corrected chi connectivity index (χ1v) is 31.9. The van der Waals surface area contributed by atoms with Crippen molar-refractivity contribution in [2.75, 3.05) is 38.9 Å². The molecule has 0 radical (unpaired) electrons. The van der Waals surface area contributed by atoms with Gasteiger partial charge >= 0.3 is 6.01 Å². The van der Waals surface area contributed by atoms with Crippen LogP contribution in [0.3, 0.4) is 0 Å². The number of hydrogen-bond donors (Lipinski definition) is 9. The number of ether oxygens (including phenoxy) is 1. The van der Waals surface area contributed by atoms with Gasteiger partial charge in [0.15, 0.2) is 0 Å². The minimum atomic E-state index is -0.609. The second-order valence-electron chi connectivity index (χ2n) is 34.5. The summed E-state index contributed by atoms with van der Waals surface area (Å²) in [6.07, 6.45) is 7.30. The fourth-order valence-electron chi connectivity index (χ4n) is 17.5. The van der Waals surface area contributed by atoms with Crippen LogP contribution in [0.15, 0.2) is 0 Å². The van der Waals surface area contributed by atoms with Crippen LogP contribution in [0.4, 0.5) is 29.7 Å². The Balaban J connectivity index is 1.19. The van der Waals surface area contributed by atoms with Crippen LogP contribution in [-0.2, 0) is 0 Å². The summed E-state index contributed by atoms with van der Waals surface area (Å²) in [6, 6.07) is -0.635. The summed E-state index contributed by atoms with van der Waals surface area (Å²) in [5.41, 5.74) is -7.06. The summed E-state index contributed by atoms with van der Waals surface area (Å²) in [6.45, 7) is 49.7. The van der Waals surface area contributed by atoms with Crippen molar-refractivity contribution >= 4 is 29.7 Å². The number of aromatic nitrogens is 6. The number of nitrogens with one attached hydrogen (secondary N) is 3. The number of anilines is 5. The maximum absolute atomic E-state index is 11.6. The molecule has 0 unspecified atom stereocenters. The first-order chi connectivity index (χ1) is 38.9. The molecule has 24 nitrogen and oxygen atoms in total. The Kier molecular flexibility index (Phi) is 18.0. The first kappa shape index (κ1) is 68.3. The number of rotatable bonds is 15. The molecule has 0 bridgehead atoms. The largest absolute Gasteiger partial charge is 0.461 e. The minimum Gasteiger partial charge on any atom is -0.461 e. The minimum absolute atomic E-state index is 0.0945. The Bertz CT molecular complexity index is 2360. The fourth-order valence-corrected chi connectivity index (χ4v) is 17.5. The zero-order valence-electron chi connectivity index (χ0n) is 57.2. The van der Waals surface area contributed by atoms with Gasteiger partial charge in [-0.05, 0) is 243 Å². The van der Waals surface area contributed by atoms with E-state index in [2.05, 4.69) is 137 Å². The van der Waals surface area contributed by atoms with Gasteiger partial charge in [0.05, 0.1) is 6.54 Å². The third kappa shape index (κ3) is 13.8. The van der Waals surface area contributed by atoms with Crippen molar-refractivity contribution < 1.29 is 36.0 Å². The van der Waals surface area contributed by atoms with Crippen molar-refractivity contribution in [1.29, 1.82) is 0 Å². The van der Waals surface area contributed by atoms with Crippen LogP contribution in [0.1, 0.15) is 243 Å². The zero-order valence-corrected chi connectivity index (χ0v) is 57.2. The van der Waals surface area contributed by atoms with Crippen LogP contribution >= 0.6 is 0 Å². The molecule has 24 heteroatoms. The lowest BCUT2D eigenvalue weighted by Gasteiger charge is -2.58. The highest BCUT2D eigenvalue weighted by Crippen LogP contribution is 2.49. The van der Waals surface area contributed by atoms with Gasteiger partial charge in [-0.15, -0.1) is 0 Å². The Morgan fingerprint density at radius 3 is 0.849 bits per heavy atom. The van der Waals surface area contributed by atoms with Gasteiger partial charge in [-0.25, -0.2) is 0 Å². The van der Waals surface area contributed by atoms with Gasteiger partial charge < -0.3 is 61.7 Å². The average Bonchev–Trinajstić information content (AvgIpc) is 0.789. The third-order valence-electron chi connectivity index (χ3n) is 20.3. The molecule has 8 rings (SSSR count). The van der Waals surface area contributed by atoms with Crippen molar-refractivity contribution in [2.24, 2.45) is 0 Å². The van der Waals surface area contributed by atoms with Gasteiger partial charge in [-0.1, -0.05) is 0 Å². The van der Waals surface area contributed by atoms with E-state index in [0.29, 0.717) is 107 Å². The van der Waals surface area contributed by atoms with Crippen molar-refractivity contribution in [2.45, 2.75) is 346 Å². The molecule has 0 amide bonds. The maximum atomic E-state index is 11.6.